The summed E-state index contributed by atoms with van der Waals surface area (Å²) >= 11 is 7.63. The molecule has 2 aromatic rings. The molecule has 96 valence electrons. The van der Waals surface area contributed by atoms with E-state index in [1.807, 2.05) is 24.4 Å². The molecule has 0 radical (unpaired) electrons. The van der Waals surface area contributed by atoms with Crippen LogP contribution in [0.5, 0.6) is 5.75 Å². The summed E-state index contributed by atoms with van der Waals surface area (Å²) in [5.74, 6) is 0.763. The van der Waals surface area contributed by atoms with Gasteiger partial charge >= 0.3 is 0 Å². The molecular weight excluding hydrogens is 268 g/mol. The standard InChI is InChI=1S/C13H15ClN2OS/c1-8-16-10(7-18-8)6-12(15)11-5-9(14)3-4-13(11)17-2/h3-5,7,12H,6,15H2,1-2H3. The Kier molecular flexibility index (Phi) is 4.22. The molecule has 0 amide bonds. The molecule has 1 aromatic heterocycles. The molecule has 1 atom stereocenters. The molecule has 1 aromatic carbocycles. The van der Waals surface area contributed by atoms with Crippen molar-refractivity contribution in [2.45, 2.75) is 19.4 Å². The summed E-state index contributed by atoms with van der Waals surface area (Å²) in [7, 11) is 1.63. The second-order valence-corrected chi connectivity index (χ2v) is 5.55. The van der Waals surface area contributed by atoms with Crippen LogP contribution in [0.3, 0.4) is 0 Å². The van der Waals surface area contributed by atoms with Crippen molar-refractivity contribution in [1.29, 1.82) is 0 Å². The maximum absolute atomic E-state index is 6.21. The fourth-order valence-electron chi connectivity index (χ4n) is 1.83. The molecule has 1 unspecified atom stereocenters. The van der Waals surface area contributed by atoms with Crippen LogP contribution in [0.2, 0.25) is 5.02 Å². The van der Waals surface area contributed by atoms with Gasteiger partial charge in [-0.3, -0.25) is 0 Å². The lowest BCUT2D eigenvalue weighted by molar-refractivity contribution is 0.405. The summed E-state index contributed by atoms with van der Waals surface area (Å²) in [5.41, 5.74) is 8.13. The molecule has 1 heterocycles. The number of ether oxygens (including phenoxy) is 1. The second-order valence-electron chi connectivity index (χ2n) is 4.05. The molecule has 5 heteroatoms. The minimum absolute atomic E-state index is 0.167. The number of hydrogen-bond donors (Lipinski definition) is 1. The smallest absolute Gasteiger partial charge is 0.123 e. The summed E-state index contributed by atoms with van der Waals surface area (Å²) in [5, 5.41) is 3.75. The minimum atomic E-state index is -0.167. The molecule has 0 spiro atoms. The van der Waals surface area contributed by atoms with Crippen LogP contribution >= 0.6 is 22.9 Å². The van der Waals surface area contributed by atoms with Crippen LogP contribution < -0.4 is 10.5 Å². The Labute approximate surface area is 116 Å². The van der Waals surface area contributed by atoms with E-state index < -0.39 is 0 Å². The molecule has 18 heavy (non-hydrogen) atoms. The predicted molar refractivity (Wildman–Crippen MR) is 75.5 cm³/mol. The van der Waals surface area contributed by atoms with E-state index in [4.69, 9.17) is 22.1 Å². The highest BCUT2D eigenvalue weighted by Crippen LogP contribution is 2.29. The van der Waals surface area contributed by atoms with Gasteiger partial charge < -0.3 is 10.5 Å². The van der Waals surface area contributed by atoms with Gasteiger partial charge in [-0.25, -0.2) is 4.98 Å². The number of aromatic nitrogens is 1. The van der Waals surface area contributed by atoms with Gasteiger partial charge in [0, 0.05) is 28.4 Å². The Morgan fingerprint density at radius 1 is 1.50 bits per heavy atom. The van der Waals surface area contributed by atoms with E-state index in [1.165, 1.54) is 0 Å². The summed E-state index contributed by atoms with van der Waals surface area (Å²) in [6.07, 6.45) is 0.682. The second kappa shape index (κ2) is 5.69. The van der Waals surface area contributed by atoms with E-state index >= 15 is 0 Å². The fourth-order valence-corrected chi connectivity index (χ4v) is 2.64. The van der Waals surface area contributed by atoms with Crippen LogP contribution in [-0.4, -0.2) is 12.1 Å². The molecule has 0 fully saturated rings. The van der Waals surface area contributed by atoms with E-state index in [-0.39, 0.29) is 6.04 Å². The molecule has 0 saturated carbocycles. The highest BCUT2D eigenvalue weighted by atomic mass is 35.5. The number of hydrogen-bond acceptors (Lipinski definition) is 4. The molecule has 0 bridgehead atoms. The average Bonchev–Trinajstić information content (AvgIpc) is 2.74. The number of thiazole rings is 1. The van der Waals surface area contributed by atoms with Crippen LogP contribution in [0.1, 0.15) is 22.3 Å². The van der Waals surface area contributed by atoms with E-state index in [0.717, 1.165) is 22.0 Å². The van der Waals surface area contributed by atoms with Crippen LogP contribution in [0.15, 0.2) is 23.6 Å². The molecule has 3 nitrogen and oxygen atoms in total. The SMILES string of the molecule is COc1ccc(Cl)cc1C(N)Cc1csc(C)n1. The largest absolute Gasteiger partial charge is 0.496 e. The lowest BCUT2D eigenvalue weighted by atomic mass is 10.0. The number of rotatable bonds is 4. The molecule has 2 rings (SSSR count). The zero-order valence-corrected chi connectivity index (χ0v) is 11.9. The zero-order chi connectivity index (χ0) is 13.1. The van der Waals surface area contributed by atoms with Gasteiger partial charge in [-0.05, 0) is 25.1 Å². The third-order valence-electron chi connectivity index (χ3n) is 2.69. The van der Waals surface area contributed by atoms with Crippen molar-refractivity contribution in [2.75, 3.05) is 7.11 Å². The van der Waals surface area contributed by atoms with Crippen molar-refractivity contribution in [3.8, 4) is 5.75 Å². The molecule has 0 aliphatic heterocycles. The summed E-state index contributed by atoms with van der Waals surface area (Å²) in [6, 6.07) is 5.32. The van der Waals surface area contributed by atoms with Crippen molar-refractivity contribution in [1.82, 2.24) is 4.98 Å². The number of methoxy groups -OCH3 is 1. The highest BCUT2D eigenvalue weighted by molar-refractivity contribution is 7.09. The normalized spacial score (nSPS) is 12.4. The molecule has 0 saturated heterocycles. The van der Waals surface area contributed by atoms with Gasteiger partial charge in [0.2, 0.25) is 0 Å². The average molecular weight is 283 g/mol. The van der Waals surface area contributed by atoms with Gasteiger partial charge in [0.05, 0.1) is 17.8 Å². The first-order valence-corrected chi connectivity index (χ1v) is 6.86. The maximum atomic E-state index is 6.21. The lowest BCUT2D eigenvalue weighted by Crippen LogP contribution is -2.14. The van der Waals surface area contributed by atoms with Gasteiger partial charge in [0.1, 0.15) is 5.75 Å². The predicted octanol–water partition coefficient (Wildman–Crippen LogP) is 3.36. The van der Waals surface area contributed by atoms with Gasteiger partial charge in [-0.15, -0.1) is 11.3 Å². The summed E-state index contributed by atoms with van der Waals surface area (Å²) < 4.78 is 5.31. The molecular formula is C13H15ClN2OS. The van der Waals surface area contributed by atoms with E-state index in [0.29, 0.717) is 11.4 Å². The van der Waals surface area contributed by atoms with Gasteiger partial charge in [-0.1, -0.05) is 11.6 Å². The van der Waals surface area contributed by atoms with Crippen molar-refractivity contribution in [2.24, 2.45) is 5.73 Å². The van der Waals surface area contributed by atoms with Crippen molar-refractivity contribution >= 4 is 22.9 Å². The minimum Gasteiger partial charge on any atom is -0.496 e. The first kappa shape index (κ1) is 13.3. The van der Waals surface area contributed by atoms with Crippen LogP contribution in [0, 0.1) is 6.92 Å². The first-order chi connectivity index (χ1) is 8.60. The third kappa shape index (κ3) is 3.02. The highest BCUT2D eigenvalue weighted by Gasteiger charge is 2.14. The van der Waals surface area contributed by atoms with Crippen molar-refractivity contribution in [3.05, 3.63) is 44.9 Å². The fraction of sp³-hybridized carbons (Fsp3) is 0.308. The Hall–Kier alpha value is -1.10. The Bertz CT molecular complexity index is 542. The number of halogens is 1. The topological polar surface area (TPSA) is 48.1 Å². The monoisotopic (exact) mass is 282 g/mol. The quantitative estimate of drug-likeness (QED) is 0.935. The number of benzene rings is 1. The number of aryl methyl sites for hydroxylation is 1. The Morgan fingerprint density at radius 3 is 2.89 bits per heavy atom. The Balaban J connectivity index is 2.22. The van der Waals surface area contributed by atoms with Gasteiger partial charge in [-0.2, -0.15) is 0 Å². The first-order valence-electron chi connectivity index (χ1n) is 5.60. The van der Waals surface area contributed by atoms with E-state index in [2.05, 4.69) is 4.98 Å². The molecule has 2 N–H and O–H groups in total. The van der Waals surface area contributed by atoms with Crippen LogP contribution in [-0.2, 0) is 6.42 Å². The van der Waals surface area contributed by atoms with Gasteiger partial charge in [0.25, 0.3) is 0 Å². The lowest BCUT2D eigenvalue weighted by Gasteiger charge is -2.15. The summed E-state index contributed by atoms with van der Waals surface area (Å²) in [4.78, 5) is 4.42. The Morgan fingerprint density at radius 2 is 2.28 bits per heavy atom. The summed E-state index contributed by atoms with van der Waals surface area (Å²) in [6.45, 7) is 1.99. The van der Waals surface area contributed by atoms with Crippen molar-refractivity contribution in [3.63, 3.8) is 0 Å². The van der Waals surface area contributed by atoms with Gasteiger partial charge in [0.15, 0.2) is 0 Å². The van der Waals surface area contributed by atoms with E-state index in [1.54, 1.807) is 24.5 Å². The van der Waals surface area contributed by atoms with Crippen LogP contribution in [0.25, 0.3) is 0 Å². The van der Waals surface area contributed by atoms with E-state index in [9.17, 15) is 0 Å². The van der Waals surface area contributed by atoms with Crippen molar-refractivity contribution < 1.29 is 4.74 Å². The third-order valence-corrected chi connectivity index (χ3v) is 3.74. The number of nitrogens with two attached hydrogens (primary N) is 1. The van der Waals surface area contributed by atoms with Crippen LogP contribution in [0.4, 0.5) is 0 Å². The maximum Gasteiger partial charge on any atom is 0.123 e. The zero-order valence-electron chi connectivity index (χ0n) is 10.3. The molecule has 0 aliphatic rings. The number of nitrogens with zero attached hydrogens (tertiary/aromatic N) is 1. The molecule has 0 aliphatic carbocycles.